The number of aliphatic carboxylic acids is 2. The van der Waals surface area contributed by atoms with Gasteiger partial charge in [0.1, 0.15) is 5.78 Å². The van der Waals surface area contributed by atoms with Crippen LogP contribution in [0.25, 0.3) is 0 Å². The lowest BCUT2D eigenvalue weighted by molar-refractivity contribution is -0.151. The molecule has 0 bridgehead atoms. The fourth-order valence-corrected chi connectivity index (χ4v) is 7.99. The van der Waals surface area contributed by atoms with Gasteiger partial charge < -0.3 is 24.8 Å². The van der Waals surface area contributed by atoms with Crippen molar-refractivity contribution in [3.63, 3.8) is 0 Å². The summed E-state index contributed by atoms with van der Waals surface area (Å²) < 4.78 is 11.8. The largest absolute Gasteiger partial charge is 0.481 e. The van der Waals surface area contributed by atoms with Gasteiger partial charge in [-0.2, -0.15) is 0 Å². The van der Waals surface area contributed by atoms with Gasteiger partial charge in [-0.3, -0.25) is 14.4 Å². The van der Waals surface area contributed by atoms with Crippen molar-refractivity contribution < 1.29 is 39.2 Å². The van der Waals surface area contributed by atoms with Crippen molar-refractivity contribution in [2.75, 3.05) is 13.7 Å². The molecule has 2 rings (SSSR count). The number of carboxylic acid groups (broad SMARTS) is 2. The van der Waals surface area contributed by atoms with E-state index in [0.717, 1.165) is 57.8 Å². The van der Waals surface area contributed by atoms with Crippen LogP contribution in [0.15, 0.2) is 0 Å². The Balaban J connectivity index is 1.80. The number of hydrogen-bond donors (Lipinski definition) is 3. The number of carboxylic acids is 2. The molecule has 0 aromatic heterocycles. The third-order valence-corrected chi connectivity index (χ3v) is 12.3. The quantitative estimate of drug-likeness (QED) is 0.0761. The number of aliphatic hydroxyl groups excluding tert-OH is 1. The molecule has 3 N–H and O–H groups in total. The second kappa shape index (κ2) is 20.9. The number of carbonyl (C=O) groups excluding carboxylic acids is 1. The van der Waals surface area contributed by atoms with Crippen molar-refractivity contribution >= 4 is 17.7 Å². The van der Waals surface area contributed by atoms with Crippen LogP contribution < -0.4 is 0 Å². The number of ether oxygens (including phenoxy) is 2. The van der Waals surface area contributed by atoms with Gasteiger partial charge in [-0.25, -0.2) is 0 Å². The molecule has 0 heterocycles. The van der Waals surface area contributed by atoms with E-state index in [0.29, 0.717) is 79.0 Å². The molecule has 0 aliphatic heterocycles. The van der Waals surface area contributed by atoms with Crippen molar-refractivity contribution in [1.82, 2.24) is 0 Å². The van der Waals surface area contributed by atoms with E-state index in [-0.39, 0.29) is 18.9 Å². The van der Waals surface area contributed by atoms with E-state index in [4.69, 9.17) is 9.47 Å². The normalized spacial score (nSPS) is 26.3. The van der Waals surface area contributed by atoms with Gasteiger partial charge in [0, 0.05) is 26.1 Å². The molecule has 2 saturated carbocycles. The lowest BCUT2D eigenvalue weighted by atomic mass is 9.90. The molecule has 0 saturated heterocycles. The Hall–Kier alpha value is -1.51. The van der Waals surface area contributed by atoms with E-state index in [1.807, 2.05) is 20.8 Å². The third-order valence-electron chi connectivity index (χ3n) is 12.3. The Morgan fingerprint density at radius 3 is 1.79 bits per heavy atom. The average Bonchev–Trinajstić information content (AvgIpc) is 3.98. The summed E-state index contributed by atoms with van der Waals surface area (Å²) in [6.07, 6.45) is 10.2. The molecule has 0 spiro atoms. The molecule has 8 nitrogen and oxygen atoms in total. The monoisotopic (exact) mass is 667 g/mol. The summed E-state index contributed by atoms with van der Waals surface area (Å²) in [6, 6.07) is 0. The summed E-state index contributed by atoms with van der Waals surface area (Å²) >= 11 is 0. The van der Waals surface area contributed by atoms with Gasteiger partial charge in [-0.1, -0.05) is 54.9 Å². The smallest absolute Gasteiger partial charge is 0.309 e. The molecule has 2 aliphatic carbocycles. The maximum atomic E-state index is 12.3. The Morgan fingerprint density at radius 2 is 1.28 bits per heavy atom. The number of aliphatic hydroxyl groups is 1. The number of methoxy groups -OCH3 is 1. The van der Waals surface area contributed by atoms with Crippen LogP contribution in [0.1, 0.15) is 138 Å². The van der Waals surface area contributed by atoms with Gasteiger partial charge in [-0.05, 0) is 118 Å². The summed E-state index contributed by atoms with van der Waals surface area (Å²) in [7, 11) is 1.80. The fourth-order valence-electron chi connectivity index (χ4n) is 7.99. The van der Waals surface area contributed by atoms with Crippen LogP contribution in [-0.4, -0.2) is 65.1 Å². The lowest BCUT2D eigenvalue weighted by Gasteiger charge is -2.25. The number of Topliss-reactive ketones (excluding diaryl/α,β-unsaturated/α-hetero) is 1. The Labute approximate surface area is 286 Å². The minimum absolute atomic E-state index is 0.116. The Bertz CT molecular complexity index is 938. The van der Waals surface area contributed by atoms with Crippen molar-refractivity contribution in [2.45, 2.75) is 157 Å². The van der Waals surface area contributed by atoms with E-state index in [1.165, 1.54) is 0 Å². The second-order valence-corrected chi connectivity index (χ2v) is 15.5. The summed E-state index contributed by atoms with van der Waals surface area (Å²) in [5.74, 6) is 0.836. The molecule has 8 heteroatoms. The molecule has 0 amide bonds. The molecule has 2 fully saturated rings. The number of ketones is 1. The van der Waals surface area contributed by atoms with E-state index in [9.17, 15) is 29.7 Å². The van der Waals surface area contributed by atoms with Gasteiger partial charge >= 0.3 is 11.9 Å². The molecule has 47 heavy (non-hydrogen) atoms. The van der Waals surface area contributed by atoms with Gasteiger partial charge in [0.15, 0.2) is 0 Å². The van der Waals surface area contributed by atoms with Crippen LogP contribution in [0.3, 0.4) is 0 Å². The minimum atomic E-state index is -1.03. The van der Waals surface area contributed by atoms with E-state index >= 15 is 0 Å². The van der Waals surface area contributed by atoms with Crippen LogP contribution in [0.4, 0.5) is 0 Å². The minimum Gasteiger partial charge on any atom is -0.481 e. The zero-order valence-electron chi connectivity index (χ0n) is 31.0. The third kappa shape index (κ3) is 13.7. The highest BCUT2D eigenvalue weighted by molar-refractivity contribution is 5.80. The van der Waals surface area contributed by atoms with E-state index < -0.39 is 36.0 Å². The first-order valence-corrected chi connectivity index (χ1v) is 19.1. The molecular formula is C39H70O8. The lowest BCUT2D eigenvalue weighted by Crippen LogP contribution is -2.33. The van der Waals surface area contributed by atoms with Gasteiger partial charge in [0.25, 0.3) is 0 Å². The number of rotatable bonds is 28. The molecule has 0 aromatic carbocycles. The average molecular weight is 667 g/mol. The predicted octanol–water partition coefficient (Wildman–Crippen LogP) is 8.28. The summed E-state index contributed by atoms with van der Waals surface area (Å²) in [5, 5.41) is 30.7. The maximum Gasteiger partial charge on any atom is 0.309 e. The summed E-state index contributed by atoms with van der Waals surface area (Å²) in [4.78, 5) is 36.5. The molecule has 13 unspecified atom stereocenters. The maximum absolute atomic E-state index is 12.3. The van der Waals surface area contributed by atoms with Crippen molar-refractivity contribution in [1.29, 1.82) is 0 Å². The van der Waals surface area contributed by atoms with Crippen LogP contribution >= 0.6 is 0 Å². The van der Waals surface area contributed by atoms with Crippen molar-refractivity contribution in [3.05, 3.63) is 0 Å². The van der Waals surface area contributed by atoms with Crippen LogP contribution in [0.5, 0.6) is 0 Å². The van der Waals surface area contributed by atoms with Crippen molar-refractivity contribution in [2.24, 2.45) is 59.2 Å². The molecule has 0 radical (unpaired) electrons. The van der Waals surface area contributed by atoms with Gasteiger partial charge in [0.05, 0.1) is 30.1 Å². The highest BCUT2D eigenvalue weighted by Crippen LogP contribution is 2.50. The molecule has 13 atom stereocenters. The highest BCUT2D eigenvalue weighted by atomic mass is 16.5. The zero-order valence-corrected chi connectivity index (χ0v) is 31.0. The highest BCUT2D eigenvalue weighted by Gasteiger charge is 2.43. The van der Waals surface area contributed by atoms with Crippen LogP contribution in [0, 0.1) is 59.2 Å². The Kier molecular flexibility index (Phi) is 18.5. The van der Waals surface area contributed by atoms with Crippen LogP contribution in [-0.2, 0) is 23.9 Å². The molecule has 274 valence electrons. The number of hydrogen-bond acceptors (Lipinski definition) is 6. The molecule has 2 aliphatic rings. The molecule has 0 aromatic rings. The standard InChI is InChI=1S/C39H70O8/c1-9-24(4)34(40)16-12-26(6)32-23-29(32)15-19-37(30(11-3)38(42)43)47-21-20-31(39(44)45)35(41)17-14-28-22-33(28)27(7)13-18-36(46-8)25(5)10-2/h24-33,35-37,41H,9-23H2,1-8H3,(H,42,43)(H,44,45). The first kappa shape index (κ1) is 41.7. The van der Waals surface area contributed by atoms with Crippen LogP contribution in [0.2, 0.25) is 0 Å². The van der Waals surface area contributed by atoms with Gasteiger partial charge in [-0.15, -0.1) is 0 Å². The first-order chi connectivity index (χ1) is 22.3. The summed E-state index contributed by atoms with van der Waals surface area (Å²) in [6.45, 7) is 15.0. The van der Waals surface area contributed by atoms with Gasteiger partial charge in [0.2, 0.25) is 0 Å². The second-order valence-electron chi connectivity index (χ2n) is 15.5. The molecular weight excluding hydrogens is 596 g/mol. The topological polar surface area (TPSA) is 130 Å². The summed E-state index contributed by atoms with van der Waals surface area (Å²) in [5.41, 5.74) is 0. The first-order valence-electron chi connectivity index (χ1n) is 19.1. The predicted molar refractivity (Wildman–Crippen MR) is 186 cm³/mol. The Morgan fingerprint density at radius 1 is 0.702 bits per heavy atom. The number of carbonyl (C=O) groups is 3. The zero-order chi connectivity index (χ0) is 35.3. The van der Waals surface area contributed by atoms with Crippen molar-refractivity contribution in [3.8, 4) is 0 Å². The van der Waals surface area contributed by atoms with E-state index in [1.54, 1.807) is 7.11 Å². The van der Waals surface area contributed by atoms with E-state index in [2.05, 4.69) is 27.7 Å². The SMILES string of the molecule is CCC(C)C(=O)CCC(C)C1CC1CCC(OCCC(C(=O)O)C(O)CCC1CC1C(C)CCC(OC)C(C)CC)C(CC)C(=O)O. The fraction of sp³-hybridized carbons (Fsp3) is 0.923.